The Bertz CT molecular complexity index is 177. The molecule has 0 saturated carbocycles. The van der Waals surface area contributed by atoms with Crippen LogP contribution in [0.2, 0.25) is 0 Å². The van der Waals surface area contributed by atoms with Crippen LogP contribution in [0.4, 0.5) is 0 Å². The minimum atomic E-state index is -0.160. The van der Waals surface area contributed by atoms with Crippen molar-refractivity contribution < 1.29 is 9.53 Å². The van der Waals surface area contributed by atoms with Gasteiger partial charge in [-0.3, -0.25) is 4.79 Å². The van der Waals surface area contributed by atoms with Crippen LogP contribution in [0.25, 0.3) is 0 Å². The van der Waals surface area contributed by atoms with Gasteiger partial charge in [-0.15, -0.1) is 0 Å². The fourth-order valence-corrected chi connectivity index (χ4v) is 1.36. The lowest BCUT2D eigenvalue weighted by molar-refractivity contribution is -0.140. The molecule has 16 heavy (non-hydrogen) atoms. The number of rotatable bonds is 10. The molecule has 0 atom stereocenters. The van der Waals surface area contributed by atoms with Gasteiger partial charge in [0.25, 0.3) is 0 Å². The van der Waals surface area contributed by atoms with E-state index in [1.54, 1.807) is 0 Å². The van der Waals surface area contributed by atoms with Gasteiger partial charge in [-0.25, -0.2) is 0 Å². The number of esters is 1. The van der Waals surface area contributed by atoms with Gasteiger partial charge in [0.05, 0.1) is 13.5 Å². The standard InChI is InChI=1S/C11H25N3O2/c1-14(9-3-6-12)10-4-7-13-8-5-11(15)16-2/h13H,3-10,12H2,1-2H3. The van der Waals surface area contributed by atoms with Gasteiger partial charge >= 0.3 is 5.97 Å². The highest BCUT2D eigenvalue weighted by atomic mass is 16.5. The van der Waals surface area contributed by atoms with E-state index in [1.165, 1.54) is 7.11 Å². The fourth-order valence-electron chi connectivity index (χ4n) is 1.36. The Hall–Kier alpha value is -0.650. The van der Waals surface area contributed by atoms with Gasteiger partial charge in [-0.2, -0.15) is 0 Å². The highest BCUT2D eigenvalue weighted by Gasteiger charge is 1.99. The molecule has 0 aromatic rings. The highest BCUT2D eigenvalue weighted by Crippen LogP contribution is 1.89. The summed E-state index contributed by atoms with van der Waals surface area (Å²) < 4.78 is 4.54. The third-order valence-electron chi connectivity index (χ3n) is 2.37. The molecule has 0 fully saturated rings. The predicted octanol–water partition coefficient (Wildman–Crippen LogP) is -0.190. The van der Waals surface area contributed by atoms with E-state index in [-0.39, 0.29) is 5.97 Å². The Morgan fingerprint density at radius 2 is 2.00 bits per heavy atom. The molecule has 5 nitrogen and oxygen atoms in total. The molecule has 0 aromatic heterocycles. The minimum absolute atomic E-state index is 0.160. The second-order valence-electron chi connectivity index (χ2n) is 3.88. The molecule has 0 amide bonds. The van der Waals surface area contributed by atoms with Crippen LogP contribution in [0.3, 0.4) is 0 Å². The second kappa shape index (κ2) is 10.9. The first-order valence-electron chi connectivity index (χ1n) is 5.87. The predicted molar refractivity (Wildman–Crippen MR) is 65.3 cm³/mol. The molecular formula is C11H25N3O2. The first-order chi connectivity index (χ1) is 7.70. The van der Waals surface area contributed by atoms with E-state index in [1.807, 2.05) is 0 Å². The largest absolute Gasteiger partial charge is 0.469 e. The molecule has 96 valence electrons. The molecule has 0 aliphatic carbocycles. The zero-order valence-corrected chi connectivity index (χ0v) is 10.5. The smallest absolute Gasteiger partial charge is 0.306 e. The summed E-state index contributed by atoms with van der Waals surface area (Å²) in [6, 6.07) is 0. The van der Waals surface area contributed by atoms with Crippen LogP contribution in [0.5, 0.6) is 0 Å². The zero-order valence-electron chi connectivity index (χ0n) is 10.5. The molecule has 0 unspecified atom stereocenters. The van der Waals surface area contributed by atoms with Crippen LogP contribution in [0, 0.1) is 0 Å². The average Bonchev–Trinajstić information content (AvgIpc) is 2.30. The third-order valence-corrected chi connectivity index (χ3v) is 2.37. The molecule has 0 saturated heterocycles. The Morgan fingerprint density at radius 1 is 1.31 bits per heavy atom. The number of ether oxygens (including phenoxy) is 1. The number of nitrogens with one attached hydrogen (secondary N) is 1. The lowest BCUT2D eigenvalue weighted by Gasteiger charge is -2.15. The van der Waals surface area contributed by atoms with Crippen molar-refractivity contribution in [1.82, 2.24) is 10.2 Å². The van der Waals surface area contributed by atoms with E-state index in [0.717, 1.165) is 39.0 Å². The van der Waals surface area contributed by atoms with Gasteiger partial charge in [0.1, 0.15) is 0 Å². The van der Waals surface area contributed by atoms with Crippen LogP contribution >= 0.6 is 0 Å². The molecule has 0 radical (unpaired) electrons. The zero-order chi connectivity index (χ0) is 12.2. The summed E-state index contributed by atoms with van der Waals surface area (Å²) in [5, 5.41) is 3.21. The first-order valence-corrected chi connectivity index (χ1v) is 5.87. The van der Waals surface area contributed by atoms with Crippen molar-refractivity contribution in [1.29, 1.82) is 0 Å². The van der Waals surface area contributed by atoms with Gasteiger partial charge in [0.2, 0.25) is 0 Å². The molecule has 3 N–H and O–H groups in total. The summed E-state index contributed by atoms with van der Waals surface area (Å²) in [4.78, 5) is 13.1. The molecule has 0 spiro atoms. The summed E-state index contributed by atoms with van der Waals surface area (Å²) in [6.07, 6.45) is 2.58. The molecule has 0 rings (SSSR count). The Balaban J connectivity index is 3.17. The normalized spacial score (nSPS) is 10.8. The van der Waals surface area contributed by atoms with Crippen LogP contribution in [-0.2, 0) is 9.53 Å². The van der Waals surface area contributed by atoms with Crippen LogP contribution in [-0.4, -0.2) is 57.8 Å². The summed E-state index contributed by atoms with van der Waals surface area (Å²) in [5.74, 6) is -0.160. The number of hydrogen-bond acceptors (Lipinski definition) is 5. The van der Waals surface area contributed by atoms with Crippen molar-refractivity contribution in [2.75, 3.05) is 46.9 Å². The lowest BCUT2D eigenvalue weighted by atomic mass is 10.3. The molecule has 5 heteroatoms. The Kier molecular flexibility index (Phi) is 10.4. The van der Waals surface area contributed by atoms with Gasteiger partial charge in [-0.05, 0) is 46.1 Å². The van der Waals surface area contributed by atoms with Gasteiger partial charge in [-0.1, -0.05) is 0 Å². The minimum Gasteiger partial charge on any atom is -0.469 e. The van der Waals surface area contributed by atoms with Crippen LogP contribution in [0.15, 0.2) is 0 Å². The van der Waals surface area contributed by atoms with Crippen molar-refractivity contribution in [3.8, 4) is 0 Å². The second-order valence-corrected chi connectivity index (χ2v) is 3.88. The topological polar surface area (TPSA) is 67.6 Å². The molecule has 0 heterocycles. The first kappa shape index (κ1) is 15.3. The van der Waals surface area contributed by atoms with E-state index >= 15 is 0 Å². The van der Waals surface area contributed by atoms with Gasteiger partial charge in [0, 0.05) is 6.54 Å². The Labute approximate surface area is 98.3 Å². The average molecular weight is 231 g/mol. The van der Waals surface area contributed by atoms with Crippen LogP contribution < -0.4 is 11.1 Å². The maximum Gasteiger partial charge on any atom is 0.306 e. The summed E-state index contributed by atoms with van der Waals surface area (Å²) in [6.45, 7) is 4.49. The number of nitrogens with two attached hydrogens (primary N) is 1. The van der Waals surface area contributed by atoms with Crippen molar-refractivity contribution in [2.45, 2.75) is 19.3 Å². The number of carbonyl (C=O) groups is 1. The number of methoxy groups -OCH3 is 1. The van der Waals surface area contributed by atoms with Crippen molar-refractivity contribution in [3.63, 3.8) is 0 Å². The number of nitrogens with zero attached hydrogens (tertiary/aromatic N) is 1. The van der Waals surface area contributed by atoms with E-state index in [0.29, 0.717) is 13.0 Å². The Morgan fingerprint density at radius 3 is 2.62 bits per heavy atom. The SMILES string of the molecule is COC(=O)CCNCCCN(C)CCCN. The molecule has 0 aliphatic heterocycles. The van der Waals surface area contributed by atoms with Crippen molar-refractivity contribution >= 4 is 5.97 Å². The highest BCUT2D eigenvalue weighted by molar-refractivity contribution is 5.69. The maximum atomic E-state index is 10.8. The maximum absolute atomic E-state index is 10.8. The molecule has 0 aliphatic rings. The van der Waals surface area contributed by atoms with Crippen LogP contribution in [0.1, 0.15) is 19.3 Å². The summed E-state index contributed by atoms with van der Waals surface area (Å²) in [7, 11) is 3.51. The monoisotopic (exact) mass is 231 g/mol. The van der Waals surface area contributed by atoms with E-state index < -0.39 is 0 Å². The number of hydrogen-bond donors (Lipinski definition) is 2. The quantitative estimate of drug-likeness (QED) is 0.403. The summed E-state index contributed by atoms with van der Waals surface area (Å²) >= 11 is 0. The van der Waals surface area contributed by atoms with E-state index in [2.05, 4.69) is 22.0 Å². The van der Waals surface area contributed by atoms with Crippen molar-refractivity contribution in [2.24, 2.45) is 5.73 Å². The number of carbonyl (C=O) groups excluding carboxylic acids is 1. The lowest BCUT2D eigenvalue weighted by Crippen LogP contribution is -2.27. The van der Waals surface area contributed by atoms with E-state index in [4.69, 9.17) is 5.73 Å². The third kappa shape index (κ3) is 9.89. The van der Waals surface area contributed by atoms with Gasteiger partial charge < -0.3 is 20.7 Å². The molecule has 0 bridgehead atoms. The molecular weight excluding hydrogens is 206 g/mol. The molecule has 0 aromatic carbocycles. The van der Waals surface area contributed by atoms with Gasteiger partial charge in [0.15, 0.2) is 0 Å². The fraction of sp³-hybridized carbons (Fsp3) is 0.909. The summed E-state index contributed by atoms with van der Waals surface area (Å²) in [5.41, 5.74) is 5.43. The van der Waals surface area contributed by atoms with E-state index in [9.17, 15) is 4.79 Å². The van der Waals surface area contributed by atoms with Crippen molar-refractivity contribution in [3.05, 3.63) is 0 Å².